The second kappa shape index (κ2) is 12.3. The number of ketones is 1. The molecular weight excluding hydrogens is 496 g/mol. The number of Topliss-reactive ketones (excluding diaryl/α,β-unsaturated/α-hetero) is 1. The maximum atomic E-state index is 14.3. The molecule has 9 heteroatoms. The van der Waals surface area contributed by atoms with E-state index in [2.05, 4.69) is 10.6 Å². The molecule has 0 radical (unpaired) electrons. The van der Waals surface area contributed by atoms with Crippen molar-refractivity contribution in [3.63, 3.8) is 0 Å². The average Bonchev–Trinajstić information content (AvgIpc) is 3.59. The van der Waals surface area contributed by atoms with Crippen molar-refractivity contribution in [1.82, 2.24) is 15.5 Å². The van der Waals surface area contributed by atoms with Crippen molar-refractivity contribution in [3.8, 4) is 0 Å². The Bertz CT molecular complexity index is 1080. The Kier molecular flexibility index (Phi) is 9.56. The molecule has 0 aromatic heterocycles. The van der Waals surface area contributed by atoms with Gasteiger partial charge in [-0.05, 0) is 36.2 Å². The number of nitrogens with two attached hydrogens (primary N) is 1. The van der Waals surface area contributed by atoms with Crippen LogP contribution in [-0.4, -0.2) is 59.0 Å². The van der Waals surface area contributed by atoms with Crippen LogP contribution in [-0.2, 0) is 29.4 Å². The predicted octanol–water partition coefficient (Wildman–Crippen LogP) is 2.32. The summed E-state index contributed by atoms with van der Waals surface area (Å²) in [6.07, 6.45) is 2.84. The lowest BCUT2D eigenvalue weighted by Gasteiger charge is -2.39. The van der Waals surface area contributed by atoms with Crippen LogP contribution in [0.2, 0.25) is 0 Å². The van der Waals surface area contributed by atoms with Gasteiger partial charge >= 0.3 is 0 Å². The lowest BCUT2D eigenvalue weighted by Crippen LogP contribution is -2.61. The van der Waals surface area contributed by atoms with E-state index in [4.69, 9.17) is 5.73 Å². The van der Waals surface area contributed by atoms with E-state index in [-0.39, 0.29) is 35.5 Å². The Hall–Kier alpha value is -3.23. The Morgan fingerprint density at radius 2 is 1.59 bits per heavy atom. The van der Waals surface area contributed by atoms with Crippen molar-refractivity contribution in [2.75, 3.05) is 6.54 Å². The van der Waals surface area contributed by atoms with E-state index < -0.39 is 41.1 Å². The third-order valence-corrected chi connectivity index (χ3v) is 8.29. The van der Waals surface area contributed by atoms with Gasteiger partial charge in [-0.1, -0.05) is 84.7 Å². The summed E-state index contributed by atoms with van der Waals surface area (Å²) in [7, 11) is 0. The summed E-state index contributed by atoms with van der Waals surface area (Å²) < 4.78 is 0. The van der Waals surface area contributed by atoms with Crippen LogP contribution in [0.4, 0.5) is 0 Å². The molecule has 2 aliphatic rings. The highest BCUT2D eigenvalue weighted by atomic mass is 16.2. The number of likely N-dealkylation sites (tertiary alicyclic amines) is 1. The summed E-state index contributed by atoms with van der Waals surface area (Å²) in [5, 5.41) is 5.75. The molecule has 1 aliphatic heterocycles. The van der Waals surface area contributed by atoms with Gasteiger partial charge in [0.25, 0.3) is 5.91 Å². The fourth-order valence-electron chi connectivity index (χ4n) is 5.50. The summed E-state index contributed by atoms with van der Waals surface area (Å²) in [4.78, 5) is 66.8. The number of carbonyl (C=O) groups excluding carboxylic acids is 5. The molecule has 39 heavy (non-hydrogen) atoms. The van der Waals surface area contributed by atoms with Crippen molar-refractivity contribution in [2.24, 2.45) is 29.4 Å². The van der Waals surface area contributed by atoms with Crippen LogP contribution in [0.15, 0.2) is 30.3 Å². The zero-order valence-electron chi connectivity index (χ0n) is 24.0. The highest BCUT2D eigenvalue weighted by Crippen LogP contribution is 2.36. The van der Waals surface area contributed by atoms with Gasteiger partial charge in [-0.15, -0.1) is 0 Å². The molecule has 4 atom stereocenters. The third kappa shape index (κ3) is 7.05. The second-order valence-corrected chi connectivity index (χ2v) is 12.3. The first-order valence-electron chi connectivity index (χ1n) is 14.1. The summed E-state index contributed by atoms with van der Waals surface area (Å²) in [6.45, 7) is 11.7. The number of carbonyl (C=O) groups is 5. The zero-order chi connectivity index (χ0) is 29.1. The Morgan fingerprint density at radius 3 is 2.10 bits per heavy atom. The van der Waals surface area contributed by atoms with Gasteiger partial charge in [-0.2, -0.15) is 0 Å². The largest absolute Gasteiger partial charge is 0.363 e. The molecular formula is C30H44N4O5. The number of amides is 4. The number of rotatable bonds is 12. The van der Waals surface area contributed by atoms with Crippen molar-refractivity contribution in [3.05, 3.63) is 35.9 Å². The number of hydrogen-bond donors (Lipinski definition) is 3. The van der Waals surface area contributed by atoms with E-state index in [0.29, 0.717) is 19.4 Å². The fraction of sp³-hybridized carbons (Fsp3) is 0.633. The van der Waals surface area contributed by atoms with Crippen LogP contribution in [0.25, 0.3) is 0 Å². The minimum atomic E-state index is -1.08. The normalized spacial score (nSPS) is 21.0. The first-order valence-corrected chi connectivity index (χ1v) is 14.1. The summed E-state index contributed by atoms with van der Waals surface area (Å²) in [6, 6.07) is 6.73. The summed E-state index contributed by atoms with van der Waals surface area (Å²) in [5.41, 5.74) is 5.38. The lowest BCUT2D eigenvalue weighted by atomic mass is 9.76. The molecule has 2 fully saturated rings. The van der Waals surface area contributed by atoms with Gasteiger partial charge in [-0.3, -0.25) is 24.0 Å². The highest BCUT2D eigenvalue weighted by molar-refractivity contribution is 6.37. The molecule has 214 valence electrons. The van der Waals surface area contributed by atoms with Crippen LogP contribution in [0.1, 0.15) is 72.8 Å². The van der Waals surface area contributed by atoms with Crippen LogP contribution in [0.5, 0.6) is 0 Å². The van der Waals surface area contributed by atoms with Crippen molar-refractivity contribution in [1.29, 1.82) is 0 Å². The molecule has 9 nitrogen and oxygen atoms in total. The van der Waals surface area contributed by atoms with Gasteiger partial charge in [0.2, 0.25) is 23.5 Å². The van der Waals surface area contributed by atoms with E-state index in [9.17, 15) is 24.0 Å². The second-order valence-electron chi connectivity index (χ2n) is 12.3. The van der Waals surface area contributed by atoms with Crippen LogP contribution < -0.4 is 16.4 Å². The molecule has 4 amide bonds. The fourth-order valence-corrected chi connectivity index (χ4v) is 5.50. The molecule has 1 saturated heterocycles. The quantitative estimate of drug-likeness (QED) is 0.349. The molecule has 1 unspecified atom stereocenters. The molecule has 0 spiro atoms. The summed E-state index contributed by atoms with van der Waals surface area (Å²) >= 11 is 0. The van der Waals surface area contributed by atoms with E-state index >= 15 is 0 Å². The molecule has 1 saturated carbocycles. The first-order chi connectivity index (χ1) is 18.2. The average molecular weight is 541 g/mol. The van der Waals surface area contributed by atoms with Gasteiger partial charge in [0.1, 0.15) is 12.1 Å². The smallest absolute Gasteiger partial charge is 0.287 e. The van der Waals surface area contributed by atoms with Crippen molar-refractivity contribution < 1.29 is 24.0 Å². The number of nitrogens with one attached hydrogen (secondary N) is 2. The zero-order valence-corrected chi connectivity index (χ0v) is 24.0. The topological polar surface area (TPSA) is 139 Å². The number of benzene rings is 1. The van der Waals surface area contributed by atoms with E-state index in [1.807, 2.05) is 58.0 Å². The van der Waals surface area contributed by atoms with Gasteiger partial charge in [0.05, 0.1) is 6.04 Å². The van der Waals surface area contributed by atoms with Gasteiger partial charge in [0, 0.05) is 17.9 Å². The van der Waals surface area contributed by atoms with Crippen molar-refractivity contribution >= 4 is 29.4 Å². The van der Waals surface area contributed by atoms with E-state index in [1.54, 1.807) is 18.7 Å². The van der Waals surface area contributed by atoms with Crippen LogP contribution >= 0.6 is 0 Å². The SMILES string of the molecule is CC(C)C(=O)N[C@H](C(=O)N1CC[C@H](C(C)C)[C@H]1C(=O)NC(CC1CC1)C(=O)C(N)=O)C(C)(C)c1ccccc1. The lowest BCUT2D eigenvalue weighted by molar-refractivity contribution is -0.145. The molecule has 0 bridgehead atoms. The van der Waals surface area contributed by atoms with E-state index in [1.165, 1.54) is 0 Å². The van der Waals surface area contributed by atoms with Crippen molar-refractivity contribution in [2.45, 2.75) is 90.8 Å². The predicted molar refractivity (Wildman–Crippen MR) is 148 cm³/mol. The molecule has 1 aromatic rings. The molecule has 1 heterocycles. The maximum Gasteiger partial charge on any atom is 0.287 e. The Labute approximate surface area is 231 Å². The molecule has 3 rings (SSSR count). The molecule has 1 aromatic carbocycles. The number of nitrogens with zero attached hydrogens (tertiary/aromatic N) is 1. The van der Waals surface area contributed by atoms with Gasteiger partial charge in [-0.25, -0.2) is 0 Å². The minimum absolute atomic E-state index is 0.0816. The van der Waals surface area contributed by atoms with Crippen LogP contribution in [0.3, 0.4) is 0 Å². The van der Waals surface area contributed by atoms with Gasteiger partial charge in [0.15, 0.2) is 0 Å². The summed E-state index contributed by atoms with van der Waals surface area (Å²) in [5.74, 6) is -3.11. The third-order valence-electron chi connectivity index (χ3n) is 8.29. The molecule has 4 N–H and O–H groups in total. The standard InChI is InChI=1S/C30H44N4O5/c1-17(2)21-14-15-34(23(21)28(38)32-22(16-19-12-13-19)24(35)26(31)36)29(39)25(33-27(37)18(3)4)30(5,6)20-10-8-7-9-11-20/h7-11,17-19,21-23,25H,12-16H2,1-6H3,(H2,31,36)(H,32,38)(H,33,37)/t21-,22?,23+,25-/m1/s1. The Balaban J connectivity index is 1.95. The van der Waals surface area contributed by atoms with E-state index in [0.717, 1.165) is 18.4 Å². The first kappa shape index (κ1) is 30.3. The Morgan fingerprint density at radius 1 is 0.974 bits per heavy atom. The highest BCUT2D eigenvalue weighted by Gasteiger charge is 2.49. The van der Waals surface area contributed by atoms with Gasteiger partial charge < -0.3 is 21.3 Å². The number of hydrogen-bond acceptors (Lipinski definition) is 5. The van der Waals surface area contributed by atoms with Crippen LogP contribution in [0, 0.1) is 23.7 Å². The molecule has 1 aliphatic carbocycles. The minimum Gasteiger partial charge on any atom is -0.363 e. The maximum absolute atomic E-state index is 14.3. The monoisotopic (exact) mass is 540 g/mol. The number of primary amides is 1.